The Balaban J connectivity index is 0.00000156. The van der Waals surface area contributed by atoms with Crippen LogP contribution in [0, 0.1) is 11.8 Å². The third-order valence-electron chi connectivity index (χ3n) is 6.07. The summed E-state index contributed by atoms with van der Waals surface area (Å²) in [7, 11) is 0. The molecular formula is C19H27ClN2O. The molecule has 1 amide bonds. The molecule has 1 saturated carbocycles. The maximum atomic E-state index is 12.9. The summed E-state index contributed by atoms with van der Waals surface area (Å²) >= 11 is 0. The highest BCUT2D eigenvalue weighted by molar-refractivity contribution is 5.96. The lowest BCUT2D eigenvalue weighted by molar-refractivity contribution is -0.119. The fourth-order valence-corrected chi connectivity index (χ4v) is 4.40. The van der Waals surface area contributed by atoms with Crippen molar-refractivity contribution in [1.82, 2.24) is 5.32 Å². The SMILES string of the molecule is CC(CC(=O)N1CC2(CC2)c2ccccc21)C1CCNCC1.Cl. The number of halogens is 1. The first-order chi connectivity index (χ1) is 10.7. The van der Waals surface area contributed by atoms with E-state index < -0.39 is 0 Å². The fourth-order valence-electron chi connectivity index (χ4n) is 4.40. The van der Waals surface area contributed by atoms with Crippen LogP contribution in [0.4, 0.5) is 5.69 Å². The summed E-state index contributed by atoms with van der Waals surface area (Å²) in [5, 5.41) is 3.41. The number of carbonyl (C=O) groups is 1. The molecule has 1 aliphatic carbocycles. The Bertz CT molecular complexity index is 578. The van der Waals surface area contributed by atoms with Gasteiger partial charge in [0.05, 0.1) is 0 Å². The average Bonchev–Trinajstić information content (AvgIpc) is 3.26. The molecule has 2 aliphatic heterocycles. The average molecular weight is 335 g/mol. The lowest BCUT2D eigenvalue weighted by Crippen LogP contribution is -2.36. The standard InChI is InChI=1S/C19H26N2O.ClH/c1-14(15-6-10-20-11-7-15)12-18(22)21-13-19(8-9-19)16-4-2-3-5-17(16)21;/h2-5,14-15,20H,6-13H2,1H3;1H. The van der Waals surface area contributed by atoms with E-state index >= 15 is 0 Å². The summed E-state index contributed by atoms with van der Waals surface area (Å²) in [5.74, 6) is 1.54. The zero-order valence-corrected chi connectivity index (χ0v) is 14.7. The Kier molecular flexibility index (Phi) is 4.70. The van der Waals surface area contributed by atoms with E-state index in [1.807, 2.05) is 0 Å². The molecule has 3 aliphatic rings. The Morgan fingerprint density at radius 2 is 2.00 bits per heavy atom. The zero-order valence-electron chi connectivity index (χ0n) is 13.9. The van der Waals surface area contributed by atoms with Crippen LogP contribution in [-0.4, -0.2) is 25.5 Å². The number of anilines is 1. The molecule has 2 heterocycles. The molecule has 4 rings (SSSR count). The van der Waals surface area contributed by atoms with Crippen LogP contribution in [0.25, 0.3) is 0 Å². The van der Waals surface area contributed by atoms with Crippen molar-refractivity contribution in [1.29, 1.82) is 0 Å². The molecule has 2 fully saturated rings. The van der Waals surface area contributed by atoms with E-state index in [1.165, 1.54) is 36.9 Å². The molecule has 0 aromatic heterocycles. The number of rotatable bonds is 3. The monoisotopic (exact) mass is 334 g/mol. The van der Waals surface area contributed by atoms with E-state index in [-0.39, 0.29) is 12.4 Å². The maximum absolute atomic E-state index is 12.9. The highest BCUT2D eigenvalue weighted by Gasteiger charge is 2.52. The predicted octanol–water partition coefficient (Wildman–Crippen LogP) is 3.51. The number of amides is 1. The van der Waals surface area contributed by atoms with Crippen molar-refractivity contribution in [3.63, 3.8) is 0 Å². The fraction of sp³-hybridized carbons (Fsp3) is 0.632. The third-order valence-corrected chi connectivity index (χ3v) is 6.07. The lowest BCUT2D eigenvalue weighted by Gasteiger charge is -2.29. The van der Waals surface area contributed by atoms with Crippen LogP contribution in [0.15, 0.2) is 24.3 Å². The van der Waals surface area contributed by atoms with Gasteiger partial charge in [-0.15, -0.1) is 12.4 Å². The molecule has 1 aromatic carbocycles. The van der Waals surface area contributed by atoms with Crippen LogP contribution in [0.1, 0.15) is 44.6 Å². The summed E-state index contributed by atoms with van der Waals surface area (Å²) in [4.78, 5) is 15.0. The van der Waals surface area contributed by atoms with Gasteiger partial charge in [0.15, 0.2) is 0 Å². The topological polar surface area (TPSA) is 32.3 Å². The smallest absolute Gasteiger partial charge is 0.227 e. The number of benzene rings is 1. The molecule has 126 valence electrons. The maximum Gasteiger partial charge on any atom is 0.227 e. The largest absolute Gasteiger partial charge is 0.317 e. The van der Waals surface area contributed by atoms with Gasteiger partial charge in [-0.05, 0) is 62.2 Å². The molecule has 1 aromatic rings. The minimum atomic E-state index is 0. The van der Waals surface area contributed by atoms with E-state index in [1.54, 1.807) is 0 Å². The number of carbonyl (C=O) groups excluding carboxylic acids is 1. The summed E-state index contributed by atoms with van der Waals surface area (Å²) in [6.07, 6.45) is 5.63. The van der Waals surface area contributed by atoms with Crippen LogP contribution in [-0.2, 0) is 10.2 Å². The van der Waals surface area contributed by atoms with Gasteiger partial charge in [0.1, 0.15) is 0 Å². The quantitative estimate of drug-likeness (QED) is 0.917. The van der Waals surface area contributed by atoms with Gasteiger partial charge in [0.2, 0.25) is 5.91 Å². The van der Waals surface area contributed by atoms with Crippen molar-refractivity contribution in [3.8, 4) is 0 Å². The summed E-state index contributed by atoms with van der Waals surface area (Å²) in [5.41, 5.74) is 2.91. The van der Waals surface area contributed by atoms with Gasteiger partial charge in [-0.3, -0.25) is 4.79 Å². The number of hydrogen-bond acceptors (Lipinski definition) is 2. The number of nitrogens with zero attached hydrogens (tertiary/aromatic N) is 1. The Morgan fingerprint density at radius 1 is 1.30 bits per heavy atom. The van der Waals surface area contributed by atoms with Crippen LogP contribution < -0.4 is 10.2 Å². The molecule has 3 nitrogen and oxygen atoms in total. The first-order valence-electron chi connectivity index (χ1n) is 8.80. The van der Waals surface area contributed by atoms with E-state index in [0.717, 1.165) is 19.6 Å². The van der Waals surface area contributed by atoms with Crippen molar-refractivity contribution in [2.45, 2.75) is 44.4 Å². The number of fused-ring (bicyclic) bond motifs is 2. The molecule has 1 unspecified atom stereocenters. The Morgan fingerprint density at radius 3 is 2.70 bits per heavy atom. The van der Waals surface area contributed by atoms with Gasteiger partial charge >= 0.3 is 0 Å². The first kappa shape index (κ1) is 16.8. The van der Waals surface area contributed by atoms with Gasteiger partial charge in [-0.2, -0.15) is 0 Å². The molecule has 4 heteroatoms. The van der Waals surface area contributed by atoms with Crippen LogP contribution >= 0.6 is 12.4 Å². The molecule has 0 radical (unpaired) electrons. The van der Waals surface area contributed by atoms with Crippen LogP contribution in [0.5, 0.6) is 0 Å². The van der Waals surface area contributed by atoms with Gasteiger partial charge < -0.3 is 10.2 Å². The van der Waals surface area contributed by atoms with Crippen LogP contribution in [0.2, 0.25) is 0 Å². The van der Waals surface area contributed by atoms with E-state index in [0.29, 0.717) is 29.6 Å². The third kappa shape index (κ3) is 3.01. The number of para-hydroxylation sites is 1. The molecule has 0 bridgehead atoms. The second-order valence-corrected chi connectivity index (χ2v) is 7.55. The zero-order chi connectivity index (χ0) is 15.2. The van der Waals surface area contributed by atoms with Crippen molar-refractivity contribution in [3.05, 3.63) is 29.8 Å². The minimum Gasteiger partial charge on any atom is -0.317 e. The highest BCUT2D eigenvalue weighted by Crippen LogP contribution is 2.56. The van der Waals surface area contributed by atoms with E-state index in [4.69, 9.17) is 0 Å². The number of hydrogen-bond donors (Lipinski definition) is 1. The van der Waals surface area contributed by atoms with Gasteiger partial charge in [-0.1, -0.05) is 25.1 Å². The number of nitrogens with one attached hydrogen (secondary N) is 1. The number of piperidine rings is 1. The van der Waals surface area contributed by atoms with Gasteiger partial charge in [0.25, 0.3) is 0 Å². The predicted molar refractivity (Wildman–Crippen MR) is 96.3 cm³/mol. The molecule has 1 N–H and O–H groups in total. The second-order valence-electron chi connectivity index (χ2n) is 7.55. The van der Waals surface area contributed by atoms with Crippen molar-refractivity contribution in [2.24, 2.45) is 11.8 Å². The molecule has 1 saturated heterocycles. The summed E-state index contributed by atoms with van der Waals surface area (Å²) < 4.78 is 0. The van der Waals surface area contributed by atoms with Crippen LogP contribution in [0.3, 0.4) is 0 Å². The summed E-state index contributed by atoms with van der Waals surface area (Å²) in [6.45, 7) is 5.41. The van der Waals surface area contributed by atoms with Gasteiger partial charge in [-0.25, -0.2) is 0 Å². The Labute approximate surface area is 145 Å². The van der Waals surface area contributed by atoms with Crippen molar-refractivity contribution in [2.75, 3.05) is 24.5 Å². The van der Waals surface area contributed by atoms with E-state index in [9.17, 15) is 4.79 Å². The van der Waals surface area contributed by atoms with E-state index in [2.05, 4.69) is 41.4 Å². The molecule has 23 heavy (non-hydrogen) atoms. The van der Waals surface area contributed by atoms with Crippen molar-refractivity contribution < 1.29 is 4.79 Å². The van der Waals surface area contributed by atoms with Gasteiger partial charge in [0, 0.05) is 24.1 Å². The Hall–Kier alpha value is -1.06. The summed E-state index contributed by atoms with van der Waals surface area (Å²) in [6, 6.07) is 8.54. The highest BCUT2D eigenvalue weighted by atomic mass is 35.5. The minimum absolute atomic E-state index is 0. The first-order valence-corrected chi connectivity index (χ1v) is 8.80. The molecule has 1 spiro atoms. The molecular weight excluding hydrogens is 308 g/mol. The second kappa shape index (κ2) is 6.45. The lowest BCUT2D eigenvalue weighted by atomic mass is 9.84. The molecule has 1 atom stereocenters. The van der Waals surface area contributed by atoms with Crippen molar-refractivity contribution >= 4 is 24.0 Å². The normalized spacial score (nSPS) is 23.3.